The average Bonchev–Trinajstić information content (AvgIpc) is 2.34. The SMILES string of the molecule is Nc1cc(C(=O)N2CCSCC2)c(F)cc1F. The largest absolute Gasteiger partial charge is 0.396 e. The maximum Gasteiger partial charge on any atom is 0.256 e. The molecule has 92 valence electrons. The summed E-state index contributed by atoms with van der Waals surface area (Å²) in [6.45, 7) is 1.17. The van der Waals surface area contributed by atoms with E-state index in [1.54, 1.807) is 16.7 Å². The van der Waals surface area contributed by atoms with Crippen molar-refractivity contribution in [3.05, 3.63) is 29.3 Å². The number of thioether (sulfide) groups is 1. The first-order valence-electron chi connectivity index (χ1n) is 5.21. The Labute approximate surface area is 102 Å². The molecule has 0 radical (unpaired) electrons. The second-order valence-electron chi connectivity index (χ2n) is 3.76. The Balaban J connectivity index is 2.26. The van der Waals surface area contributed by atoms with Crippen LogP contribution in [0, 0.1) is 11.6 Å². The van der Waals surface area contributed by atoms with E-state index in [0.29, 0.717) is 19.2 Å². The Bertz CT molecular complexity index is 447. The maximum absolute atomic E-state index is 13.5. The summed E-state index contributed by atoms with van der Waals surface area (Å²) in [6.07, 6.45) is 0. The quantitative estimate of drug-likeness (QED) is 0.780. The number of anilines is 1. The fourth-order valence-electron chi connectivity index (χ4n) is 1.67. The molecule has 0 aromatic heterocycles. The van der Waals surface area contributed by atoms with Gasteiger partial charge >= 0.3 is 0 Å². The van der Waals surface area contributed by atoms with Crippen molar-refractivity contribution in [2.75, 3.05) is 30.3 Å². The minimum atomic E-state index is -0.861. The third-order valence-corrected chi connectivity index (χ3v) is 3.56. The Morgan fingerprint density at radius 3 is 2.53 bits per heavy atom. The van der Waals surface area contributed by atoms with E-state index in [2.05, 4.69) is 0 Å². The van der Waals surface area contributed by atoms with Crippen LogP contribution in [-0.2, 0) is 0 Å². The number of halogens is 2. The van der Waals surface area contributed by atoms with E-state index in [-0.39, 0.29) is 11.3 Å². The van der Waals surface area contributed by atoms with Crippen molar-refractivity contribution in [3.8, 4) is 0 Å². The molecular formula is C11H12F2N2OS. The maximum atomic E-state index is 13.5. The highest BCUT2D eigenvalue weighted by molar-refractivity contribution is 7.99. The van der Waals surface area contributed by atoms with Crippen molar-refractivity contribution < 1.29 is 13.6 Å². The van der Waals surface area contributed by atoms with Crippen molar-refractivity contribution in [2.45, 2.75) is 0 Å². The molecule has 1 heterocycles. The Kier molecular flexibility index (Phi) is 3.51. The van der Waals surface area contributed by atoms with Crippen LogP contribution in [0.5, 0.6) is 0 Å². The number of carbonyl (C=O) groups is 1. The van der Waals surface area contributed by atoms with Crippen molar-refractivity contribution in [1.29, 1.82) is 0 Å². The second-order valence-corrected chi connectivity index (χ2v) is 4.98. The summed E-state index contributed by atoms with van der Waals surface area (Å²) in [5.41, 5.74) is 4.98. The summed E-state index contributed by atoms with van der Waals surface area (Å²) < 4.78 is 26.5. The highest BCUT2D eigenvalue weighted by Gasteiger charge is 2.22. The summed E-state index contributed by atoms with van der Waals surface area (Å²) in [7, 11) is 0. The lowest BCUT2D eigenvalue weighted by molar-refractivity contribution is 0.0767. The van der Waals surface area contributed by atoms with E-state index in [4.69, 9.17) is 5.73 Å². The number of benzene rings is 1. The van der Waals surface area contributed by atoms with Gasteiger partial charge < -0.3 is 10.6 Å². The van der Waals surface area contributed by atoms with Gasteiger partial charge in [-0.15, -0.1) is 0 Å². The van der Waals surface area contributed by atoms with Crippen molar-refractivity contribution >= 4 is 23.4 Å². The third kappa shape index (κ3) is 2.52. The number of hydrogen-bond acceptors (Lipinski definition) is 3. The van der Waals surface area contributed by atoms with Gasteiger partial charge in [0.05, 0.1) is 11.3 Å². The molecule has 1 saturated heterocycles. The summed E-state index contributed by atoms with van der Waals surface area (Å²) in [6, 6.07) is 1.72. The first-order valence-corrected chi connectivity index (χ1v) is 6.36. The van der Waals surface area contributed by atoms with Crippen LogP contribution in [0.4, 0.5) is 14.5 Å². The molecule has 1 aromatic carbocycles. The van der Waals surface area contributed by atoms with Crippen LogP contribution in [0.15, 0.2) is 12.1 Å². The summed E-state index contributed by atoms with van der Waals surface area (Å²) >= 11 is 1.75. The average molecular weight is 258 g/mol. The van der Waals surface area contributed by atoms with Crippen LogP contribution in [-0.4, -0.2) is 35.4 Å². The zero-order valence-corrected chi connectivity index (χ0v) is 9.90. The normalized spacial score (nSPS) is 16.0. The van der Waals surface area contributed by atoms with Gasteiger partial charge in [0.25, 0.3) is 5.91 Å². The molecule has 3 nitrogen and oxygen atoms in total. The number of hydrogen-bond donors (Lipinski definition) is 1. The molecule has 0 spiro atoms. The first kappa shape index (κ1) is 12.2. The number of carbonyl (C=O) groups excluding carboxylic acids is 1. The molecule has 0 bridgehead atoms. The predicted octanol–water partition coefficient (Wildman–Crippen LogP) is 1.74. The van der Waals surface area contributed by atoms with Gasteiger partial charge in [-0.1, -0.05) is 0 Å². The van der Waals surface area contributed by atoms with Crippen LogP contribution >= 0.6 is 11.8 Å². The predicted molar refractivity (Wildman–Crippen MR) is 64.0 cm³/mol. The summed E-state index contributed by atoms with van der Waals surface area (Å²) in [5.74, 6) is -0.448. The van der Waals surface area contributed by atoms with Crippen LogP contribution in [0.25, 0.3) is 0 Å². The van der Waals surface area contributed by atoms with Gasteiger partial charge in [-0.3, -0.25) is 4.79 Å². The van der Waals surface area contributed by atoms with Crippen LogP contribution in [0.2, 0.25) is 0 Å². The lowest BCUT2D eigenvalue weighted by atomic mass is 10.1. The topological polar surface area (TPSA) is 46.3 Å². The Hall–Kier alpha value is -1.30. The molecule has 0 unspecified atom stereocenters. The van der Waals surface area contributed by atoms with Gasteiger partial charge in [-0.2, -0.15) is 11.8 Å². The Morgan fingerprint density at radius 1 is 1.24 bits per heavy atom. The zero-order valence-electron chi connectivity index (χ0n) is 9.08. The number of amides is 1. The molecule has 1 fully saturated rings. The molecular weight excluding hydrogens is 246 g/mol. The highest BCUT2D eigenvalue weighted by atomic mass is 32.2. The van der Waals surface area contributed by atoms with Crippen molar-refractivity contribution in [2.24, 2.45) is 0 Å². The van der Waals surface area contributed by atoms with Crippen molar-refractivity contribution in [3.63, 3.8) is 0 Å². The highest BCUT2D eigenvalue weighted by Crippen LogP contribution is 2.20. The molecule has 1 aliphatic rings. The second kappa shape index (κ2) is 4.91. The number of nitrogens with zero attached hydrogens (tertiary/aromatic N) is 1. The standard InChI is InChI=1S/C11H12F2N2OS/c12-8-6-9(13)10(14)5-7(8)11(16)15-1-3-17-4-2-15/h5-6H,1-4,14H2. The molecule has 17 heavy (non-hydrogen) atoms. The minimum absolute atomic E-state index is 0.157. The first-order chi connectivity index (χ1) is 8.09. The van der Waals surface area contributed by atoms with E-state index in [1.807, 2.05) is 0 Å². The van der Waals surface area contributed by atoms with Gasteiger partial charge in [0.1, 0.15) is 11.6 Å². The van der Waals surface area contributed by atoms with Crippen LogP contribution in [0.3, 0.4) is 0 Å². The lowest BCUT2D eigenvalue weighted by Crippen LogP contribution is -2.38. The van der Waals surface area contributed by atoms with E-state index >= 15 is 0 Å². The summed E-state index contributed by atoms with van der Waals surface area (Å²) in [5, 5.41) is 0. The molecule has 0 aliphatic carbocycles. The van der Waals surface area contributed by atoms with Gasteiger partial charge in [0, 0.05) is 30.7 Å². The summed E-state index contributed by atoms with van der Waals surface area (Å²) in [4.78, 5) is 13.5. The lowest BCUT2D eigenvalue weighted by Gasteiger charge is -2.26. The molecule has 0 atom stereocenters. The number of nitrogen functional groups attached to an aromatic ring is 1. The van der Waals surface area contributed by atoms with E-state index < -0.39 is 17.5 Å². The molecule has 1 amide bonds. The van der Waals surface area contributed by atoms with E-state index in [1.165, 1.54) is 0 Å². The fraction of sp³-hybridized carbons (Fsp3) is 0.364. The minimum Gasteiger partial charge on any atom is -0.396 e. The van der Waals surface area contributed by atoms with Gasteiger partial charge in [-0.05, 0) is 6.07 Å². The van der Waals surface area contributed by atoms with Gasteiger partial charge in [-0.25, -0.2) is 8.78 Å². The molecule has 1 aliphatic heterocycles. The molecule has 2 N–H and O–H groups in total. The third-order valence-electron chi connectivity index (χ3n) is 2.62. The smallest absolute Gasteiger partial charge is 0.256 e. The number of nitrogens with two attached hydrogens (primary N) is 1. The fourth-order valence-corrected chi connectivity index (χ4v) is 2.57. The van der Waals surface area contributed by atoms with Gasteiger partial charge in [0.2, 0.25) is 0 Å². The Morgan fingerprint density at radius 2 is 1.88 bits per heavy atom. The van der Waals surface area contributed by atoms with E-state index in [0.717, 1.165) is 17.6 Å². The molecule has 6 heteroatoms. The van der Waals surface area contributed by atoms with Crippen molar-refractivity contribution in [1.82, 2.24) is 4.90 Å². The number of rotatable bonds is 1. The molecule has 1 aromatic rings. The monoisotopic (exact) mass is 258 g/mol. The van der Waals surface area contributed by atoms with Gasteiger partial charge in [0.15, 0.2) is 0 Å². The zero-order chi connectivity index (χ0) is 12.4. The molecule has 0 saturated carbocycles. The molecule has 2 rings (SSSR count). The van der Waals surface area contributed by atoms with Crippen LogP contribution in [0.1, 0.15) is 10.4 Å². The van der Waals surface area contributed by atoms with Crippen LogP contribution < -0.4 is 5.73 Å². The van der Waals surface area contributed by atoms with E-state index in [9.17, 15) is 13.6 Å².